The summed E-state index contributed by atoms with van der Waals surface area (Å²) in [4.78, 5) is 10.2. The fourth-order valence-corrected chi connectivity index (χ4v) is 1.24. The second-order valence-corrected chi connectivity index (χ2v) is 3.39. The molecule has 0 heterocycles. The molecule has 1 amide bonds. The number of rotatable bonds is 3. The van der Waals surface area contributed by atoms with Crippen LogP contribution in [0.5, 0.6) is 0 Å². The average molecular weight is 184 g/mol. The third-order valence-electron chi connectivity index (χ3n) is 0.948. The Bertz CT molecular complexity index is 116. The highest BCUT2D eigenvalue weighted by atomic mass is 35.5. The van der Waals surface area contributed by atoms with Crippen LogP contribution in [-0.2, 0) is 0 Å². The van der Waals surface area contributed by atoms with Crippen molar-refractivity contribution in [3.05, 3.63) is 0 Å². The number of hydrogen-bond donors (Lipinski definition) is 1. The van der Waals surface area contributed by atoms with Gasteiger partial charge >= 0.3 is 5.37 Å². The summed E-state index contributed by atoms with van der Waals surface area (Å²) >= 11 is 10.7. The van der Waals surface area contributed by atoms with Crippen LogP contribution in [0, 0.1) is 5.92 Å². The first-order valence-electron chi connectivity index (χ1n) is 3.12. The maximum absolute atomic E-state index is 10.2. The van der Waals surface area contributed by atoms with E-state index in [1.165, 1.54) is 0 Å². The Hall–Kier alpha value is 0.0500. The lowest BCUT2D eigenvalue weighted by Crippen LogP contribution is -2.27. The molecule has 0 fully saturated rings. The molecule has 60 valence electrons. The lowest BCUT2D eigenvalue weighted by atomic mass is 10.1. The van der Waals surface area contributed by atoms with E-state index < -0.39 is 5.37 Å². The molecule has 0 aliphatic rings. The molecule has 0 aromatic carbocycles. The minimum absolute atomic E-state index is 0.343. The van der Waals surface area contributed by atoms with E-state index >= 15 is 0 Å². The SMILES string of the molecule is CC(C)CC(Cl)NC(=O)Cl. The van der Waals surface area contributed by atoms with E-state index in [0.717, 1.165) is 6.42 Å². The Morgan fingerprint density at radius 2 is 2.10 bits per heavy atom. The predicted octanol–water partition coefficient (Wildman–Crippen LogP) is 2.55. The van der Waals surface area contributed by atoms with Crippen molar-refractivity contribution < 1.29 is 4.79 Å². The van der Waals surface area contributed by atoms with Crippen LogP contribution in [0.25, 0.3) is 0 Å². The van der Waals surface area contributed by atoms with E-state index in [0.29, 0.717) is 5.92 Å². The third kappa shape index (κ3) is 6.17. The van der Waals surface area contributed by atoms with Gasteiger partial charge < -0.3 is 5.32 Å². The summed E-state index contributed by atoms with van der Waals surface area (Å²) < 4.78 is 0. The molecule has 1 atom stereocenters. The van der Waals surface area contributed by atoms with Crippen molar-refractivity contribution in [2.45, 2.75) is 25.8 Å². The van der Waals surface area contributed by atoms with Gasteiger partial charge in [0.1, 0.15) is 5.50 Å². The monoisotopic (exact) mass is 183 g/mol. The molecule has 0 aliphatic carbocycles. The highest BCUT2D eigenvalue weighted by molar-refractivity contribution is 6.63. The molecular weight excluding hydrogens is 173 g/mol. The molecule has 1 unspecified atom stereocenters. The number of carbonyl (C=O) groups is 1. The van der Waals surface area contributed by atoms with Crippen LogP contribution in [0.15, 0.2) is 0 Å². The molecule has 0 rings (SSSR count). The quantitative estimate of drug-likeness (QED) is 0.407. The Morgan fingerprint density at radius 1 is 1.60 bits per heavy atom. The van der Waals surface area contributed by atoms with E-state index in [-0.39, 0.29) is 5.50 Å². The summed E-state index contributed by atoms with van der Waals surface area (Å²) in [6.07, 6.45) is 0.736. The largest absolute Gasteiger partial charge is 0.326 e. The highest BCUT2D eigenvalue weighted by Crippen LogP contribution is 2.07. The zero-order chi connectivity index (χ0) is 8.15. The molecule has 0 aliphatic heterocycles. The van der Waals surface area contributed by atoms with Gasteiger partial charge in [0.15, 0.2) is 0 Å². The molecule has 0 aromatic heterocycles. The van der Waals surface area contributed by atoms with Crippen LogP contribution >= 0.6 is 23.2 Å². The smallest absolute Gasteiger partial charge is 0.314 e. The molecule has 10 heavy (non-hydrogen) atoms. The number of halogens is 2. The van der Waals surface area contributed by atoms with Crippen LogP contribution in [-0.4, -0.2) is 10.9 Å². The Morgan fingerprint density at radius 3 is 2.40 bits per heavy atom. The predicted molar refractivity (Wildman–Crippen MR) is 43.5 cm³/mol. The maximum atomic E-state index is 10.2. The topological polar surface area (TPSA) is 29.1 Å². The second-order valence-electron chi connectivity index (χ2n) is 2.52. The van der Waals surface area contributed by atoms with Gasteiger partial charge in [-0.2, -0.15) is 0 Å². The van der Waals surface area contributed by atoms with Crippen LogP contribution in [0.3, 0.4) is 0 Å². The van der Waals surface area contributed by atoms with Crippen molar-refractivity contribution in [2.24, 2.45) is 5.92 Å². The van der Waals surface area contributed by atoms with E-state index in [1.54, 1.807) is 0 Å². The summed E-state index contributed by atoms with van der Waals surface area (Å²) in [5.41, 5.74) is -0.343. The number of carbonyl (C=O) groups excluding carboxylic acids is 1. The molecular formula is C6H11Cl2NO. The first kappa shape index (κ1) is 10.0. The summed E-state index contributed by atoms with van der Waals surface area (Å²) in [6.45, 7) is 4.05. The van der Waals surface area contributed by atoms with Crippen LogP contribution in [0.4, 0.5) is 4.79 Å². The van der Waals surface area contributed by atoms with Gasteiger partial charge in [0.25, 0.3) is 0 Å². The fraction of sp³-hybridized carbons (Fsp3) is 0.833. The summed E-state index contributed by atoms with van der Waals surface area (Å²) in [7, 11) is 0. The van der Waals surface area contributed by atoms with Gasteiger partial charge in [-0.25, -0.2) is 0 Å². The minimum Gasteiger partial charge on any atom is -0.326 e. The van der Waals surface area contributed by atoms with Crippen molar-refractivity contribution in [3.8, 4) is 0 Å². The van der Waals surface area contributed by atoms with Crippen molar-refractivity contribution in [3.63, 3.8) is 0 Å². The lowest BCUT2D eigenvalue weighted by molar-refractivity contribution is 0.258. The van der Waals surface area contributed by atoms with E-state index in [1.807, 2.05) is 13.8 Å². The molecule has 0 spiro atoms. The zero-order valence-electron chi connectivity index (χ0n) is 6.03. The highest BCUT2D eigenvalue weighted by Gasteiger charge is 2.07. The average Bonchev–Trinajstić information content (AvgIpc) is 1.58. The van der Waals surface area contributed by atoms with Crippen molar-refractivity contribution in [1.82, 2.24) is 5.32 Å². The molecule has 0 saturated carbocycles. The van der Waals surface area contributed by atoms with Gasteiger partial charge in [-0.1, -0.05) is 25.4 Å². The molecule has 0 radical (unpaired) electrons. The lowest BCUT2D eigenvalue weighted by Gasteiger charge is -2.10. The van der Waals surface area contributed by atoms with Crippen molar-refractivity contribution >= 4 is 28.6 Å². The van der Waals surface area contributed by atoms with Gasteiger partial charge in [-0.15, -0.1) is 0 Å². The second kappa shape index (κ2) is 4.80. The van der Waals surface area contributed by atoms with Gasteiger partial charge in [0.05, 0.1) is 0 Å². The Balaban J connectivity index is 3.43. The van der Waals surface area contributed by atoms with Gasteiger partial charge in [-0.3, -0.25) is 4.79 Å². The Labute approximate surface area is 70.9 Å². The molecule has 4 heteroatoms. The molecule has 1 N–H and O–H groups in total. The molecule has 0 aromatic rings. The standard InChI is InChI=1S/C6H11Cl2NO/c1-4(2)3-5(7)9-6(8)10/h4-5H,3H2,1-2H3,(H,9,10). The van der Waals surface area contributed by atoms with Crippen LogP contribution in [0.2, 0.25) is 0 Å². The first-order valence-corrected chi connectivity index (χ1v) is 3.94. The fourth-order valence-electron chi connectivity index (χ4n) is 0.596. The summed E-state index contributed by atoms with van der Waals surface area (Å²) in [6, 6.07) is 0. The minimum atomic E-state index is -0.597. The first-order chi connectivity index (χ1) is 4.52. The van der Waals surface area contributed by atoms with Crippen molar-refractivity contribution in [1.29, 1.82) is 0 Å². The maximum Gasteiger partial charge on any atom is 0.314 e. The van der Waals surface area contributed by atoms with Gasteiger partial charge in [0, 0.05) is 0 Å². The van der Waals surface area contributed by atoms with Crippen LogP contribution < -0.4 is 5.32 Å². The molecule has 2 nitrogen and oxygen atoms in total. The van der Waals surface area contributed by atoms with E-state index in [2.05, 4.69) is 5.32 Å². The Kier molecular flexibility index (Phi) is 4.83. The van der Waals surface area contributed by atoms with Crippen LogP contribution in [0.1, 0.15) is 20.3 Å². The van der Waals surface area contributed by atoms with E-state index in [9.17, 15) is 4.79 Å². The normalized spacial score (nSPS) is 13.3. The molecule has 0 bridgehead atoms. The van der Waals surface area contributed by atoms with Crippen molar-refractivity contribution in [2.75, 3.05) is 0 Å². The van der Waals surface area contributed by atoms with Gasteiger partial charge in [-0.05, 0) is 23.9 Å². The zero-order valence-corrected chi connectivity index (χ0v) is 7.54. The van der Waals surface area contributed by atoms with Gasteiger partial charge in [0.2, 0.25) is 0 Å². The van der Waals surface area contributed by atoms with E-state index in [4.69, 9.17) is 23.2 Å². The number of amides is 1. The number of alkyl halides is 1. The summed E-state index contributed by atoms with van der Waals surface area (Å²) in [5.74, 6) is 0.464. The number of nitrogens with one attached hydrogen (secondary N) is 1. The number of hydrogen-bond acceptors (Lipinski definition) is 1. The summed E-state index contributed by atoms with van der Waals surface area (Å²) in [5, 5.41) is 1.77. The molecule has 0 saturated heterocycles. The third-order valence-corrected chi connectivity index (χ3v) is 1.34.